The molecule has 2 heterocycles. The minimum Gasteiger partial charge on any atom is -0.497 e. The van der Waals surface area contributed by atoms with E-state index < -0.39 is 5.82 Å². The summed E-state index contributed by atoms with van der Waals surface area (Å²) >= 11 is 0. The van der Waals surface area contributed by atoms with Gasteiger partial charge in [-0.3, -0.25) is 9.69 Å². The number of rotatable bonds is 2. The van der Waals surface area contributed by atoms with Gasteiger partial charge in [0.1, 0.15) is 17.3 Å². The third kappa shape index (κ3) is 1.70. The van der Waals surface area contributed by atoms with Crippen LogP contribution in [0, 0.1) is 5.82 Å². The Morgan fingerprint density at radius 2 is 2.27 bits per heavy atom. The number of carbonyl (C=O) groups is 1. The molecule has 6 heteroatoms. The van der Waals surface area contributed by atoms with Gasteiger partial charge in [-0.25, -0.2) is 9.38 Å². The number of benzene rings is 1. The molecule has 0 spiro atoms. The first-order valence-electron chi connectivity index (χ1n) is 6.80. The maximum atomic E-state index is 14.2. The second-order valence-electron chi connectivity index (χ2n) is 5.07. The summed E-state index contributed by atoms with van der Waals surface area (Å²) in [4.78, 5) is 18.4. The molecule has 5 nitrogen and oxygen atoms in total. The summed E-state index contributed by atoms with van der Waals surface area (Å²) in [6, 6.07) is 4.32. The standard InChI is InChI=1S/C16H12FN3O2/c1-22-9-5-6-10(11(17)7-9)15-16(21)20-13-4-2-3-12(13)18-8-14(20)19-15/h2-8,12,18H,1H3. The van der Waals surface area contributed by atoms with E-state index in [0.29, 0.717) is 11.6 Å². The fourth-order valence-electron chi connectivity index (χ4n) is 2.75. The zero-order chi connectivity index (χ0) is 15.3. The number of allylic oxidation sites excluding steroid dienone is 2. The van der Waals surface area contributed by atoms with Gasteiger partial charge in [-0.15, -0.1) is 0 Å². The van der Waals surface area contributed by atoms with E-state index in [0.717, 1.165) is 5.70 Å². The van der Waals surface area contributed by atoms with Gasteiger partial charge in [0.15, 0.2) is 5.82 Å². The number of aliphatic imine (C=N–C) groups is 1. The zero-order valence-electron chi connectivity index (χ0n) is 11.7. The molecule has 0 saturated carbocycles. The first-order chi connectivity index (χ1) is 10.7. The van der Waals surface area contributed by atoms with E-state index in [1.54, 1.807) is 12.3 Å². The number of hydrogen-bond acceptors (Lipinski definition) is 4. The number of methoxy groups -OCH3 is 1. The molecule has 1 unspecified atom stereocenters. The smallest absolute Gasteiger partial charge is 0.283 e. The molecule has 0 radical (unpaired) electrons. The Balaban J connectivity index is 1.75. The molecule has 0 saturated heterocycles. The molecule has 1 N–H and O–H groups in total. The largest absolute Gasteiger partial charge is 0.497 e. The van der Waals surface area contributed by atoms with Gasteiger partial charge in [0.05, 0.1) is 18.8 Å². The molecular weight excluding hydrogens is 285 g/mol. The van der Waals surface area contributed by atoms with Crippen LogP contribution in [0.1, 0.15) is 5.56 Å². The van der Waals surface area contributed by atoms with Gasteiger partial charge in [-0.2, -0.15) is 0 Å². The number of hydrogen-bond donors (Lipinski definition) is 1. The lowest BCUT2D eigenvalue weighted by atomic mass is 10.1. The highest BCUT2D eigenvalue weighted by atomic mass is 19.1. The van der Waals surface area contributed by atoms with E-state index in [9.17, 15) is 9.18 Å². The van der Waals surface area contributed by atoms with Crippen LogP contribution in [0.15, 0.2) is 59.1 Å². The second kappa shape index (κ2) is 4.56. The average molecular weight is 297 g/mol. The Hall–Kier alpha value is -2.89. The molecule has 0 bridgehead atoms. The van der Waals surface area contributed by atoms with Crippen molar-refractivity contribution in [2.24, 2.45) is 4.99 Å². The van der Waals surface area contributed by atoms with E-state index in [1.165, 1.54) is 24.1 Å². The molecule has 2 aliphatic heterocycles. The summed E-state index contributed by atoms with van der Waals surface area (Å²) in [6.45, 7) is 0. The van der Waals surface area contributed by atoms with Crippen molar-refractivity contribution in [1.82, 2.24) is 10.2 Å². The van der Waals surface area contributed by atoms with Crippen molar-refractivity contribution in [2.45, 2.75) is 6.04 Å². The van der Waals surface area contributed by atoms with Gasteiger partial charge in [0.25, 0.3) is 5.91 Å². The lowest BCUT2D eigenvalue weighted by molar-refractivity contribution is -0.120. The van der Waals surface area contributed by atoms with Gasteiger partial charge in [-0.1, -0.05) is 12.2 Å². The number of fused-ring (bicyclic) bond motifs is 3. The molecular formula is C16H12FN3O2. The maximum Gasteiger partial charge on any atom is 0.283 e. The Kier molecular flexibility index (Phi) is 2.66. The summed E-state index contributed by atoms with van der Waals surface area (Å²) in [5, 5.41) is 3.15. The lowest BCUT2D eigenvalue weighted by Gasteiger charge is -2.28. The van der Waals surface area contributed by atoms with E-state index in [1.807, 2.05) is 18.2 Å². The van der Waals surface area contributed by atoms with E-state index in [2.05, 4.69) is 10.3 Å². The Morgan fingerprint density at radius 3 is 3.05 bits per heavy atom. The van der Waals surface area contributed by atoms with Crippen LogP contribution in [0.2, 0.25) is 0 Å². The van der Waals surface area contributed by atoms with Crippen LogP contribution in [0.4, 0.5) is 4.39 Å². The van der Waals surface area contributed by atoms with Crippen molar-refractivity contribution in [3.05, 3.63) is 65.5 Å². The Bertz CT molecular complexity index is 808. The number of ether oxygens (including phenoxy) is 1. The Labute approximate surface area is 126 Å². The van der Waals surface area contributed by atoms with E-state index in [-0.39, 0.29) is 23.2 Å². The molecule has 110 valence electrons. The highest BCUT2D eigenvalue weighted by molar-refractivity contribution is 6.47. The highest BCUT2D eigenvalue weighted by Crippen LogP contribution is 2.32. The molecule has 1 aliphatic carbocycles. The van der Waals surface area contributed by atoms with Crippen molar-refractivity contribution in [2.75, 3.05) is 7.11 Å². The lowest BCUT2D eigenvalue weighted by Crippen LogP contribution is -2.41. The topological polar surface area (TPSA) is 53.9 Å². The summed E-state index contributed by atoms with van der Waals surface area (Å²) in [5.74, 6) is 0.0155. The Morgan fingerprint density at radius 1 is 1.41 bits per heavy atom. The fraction of sp³-hybridized carbons (Fsp3) is 0.125. The van der Waals surface area contributed by atoms with Crippen molar-refractivity contribution in [3.63, 3.8) is 0 Å². The van der Waals surface area contributed by atoms with Crippen LogP contribution in [0.25, 0.3) is 0 Å². The third-order valence-corrected chi connectivity index (χ3v) is 3.83. The molecule has 0 fully saturated rings. The summed E-state index contributed by atoms with van der Waals surface area (Å²) < 4.78 is 19.2. The van der Waals surface area contributed by atoms with Crippen LogP contribution >= 0.6 is 0 Å². The van der Waals surface area contributed by atoms with Crippen LogP contribution in [0.3, 0.4) is 0 Å². The van der Waals surface area contributed by atoms with Crippen LogP contribution in [-0.2, 0) is 4.79 Å². The maximum absolute atomic E-state index is 14.2. The SMILES string of the molecule is COc1ccc(C2=NC3=CNC4C=CC=C4N3C2=O)c(F)c1. The van der Waals surface area contributed by atoms with Crippen molar-refractivity contribution >= 4 is 11.6 Å². The molecule has 4 rings (SSSR count). The van der Waals surface area contributed by atoms with Crippen LogP contribution in [-0.4, -0.2) is 29.7 Å². The quantitative estimate of drug-likeness (QED) is 0.904. The minimum atomic E-state index is -0.532. The first kappa shape index (κ1) is 12.8. The second-order valence-corrected chi connectivity index (χ2v) is 5.07. The van der Waals surface area contributed by atoms with Gasteiger partial charge in [0.2, 0.25) is 0 Å². The normalized spacial score (nSPS) is 21.7. The number of carbonyl (C=O) groups excluding carboxylic acids is 1. The van der Waals surface area contributed by atoms with Crippen molar-refractivity contribution in [1.29, 1.82) is 0 Å². The number of nitrogens with zero attached hydrogens (tertiary/aromatic N) is 2. The summed E-state index contributed by atoms with van der Waals surface area (Å²) in [6.07, 6.45) is 7.35. The summed E-state index contributed by atoms with van der Waals surface area (Å²) in [7, 11) is 1.46. The number of halogens is 1. The van der Waals surface area contributed by atoms with Crippen molar-refractivity contribution in [3.8, 4) is 5.75 Å². The third-order valence-electron chi connectivity index (χ3n) is 3.83. The van der Waals surface area contributed by atoms with Crippen LogP contribution < -0.4 is 10.1 Å². The molecule has 22 heavy (non-hydrogen) atoms. The van der Waals surface area contributed by atoms with Gasteiger partial charge >= 0.3 is 0 Å². The molecule has 0 aromatic heterocycles. The zero-order valence-corrected chi connectivity index (χ0v) is 11.7. The predicted molar refractivity (Wildman–Crippen MR) is 78.6 cm³/mol. The molecule has 1 atom stereocenters. The van der Waals surface area contributed by atoms with Gasteiger partial charge < -0.3 is 10.1 Å². The molecule has 1 amide bonds. The van der Waals surface area contributed by atoms with Gasteiger partial charge in [0, 0.05) is 17.8 Å². The van der Waals surface area contributed by atoms with Crippen molar-refractivity contribution < 1.29 is 13.9 Å². The molecule has 3 aliphatic rings. The fourth-order valence-corrected chi connectivity index (χ4v) is 2.75. The molecule has 1 aromatic carbocycles. The molecule has 1 aromatic rings. The monoisotopic (exact) mass is 297 g/mol. The number of nitrogens with one attached hydrogen (secondary N) is 1. The van der Waals surface area contributed by atoms with E-state index in [4.69, 9.17) is 4.74 Å². The van der Waals surface area contributed by atoms with Crippen LogP contribution in [0.5, 0.6) is 5.75 Å². The predicted octanol–water partition coefficient (Wildman–Crippen LogP) is 1.69. The van der Waals surface area contributed by atoms with E-state index >= 15 is 0 Å². The average Bonchev–Trinajstić information content (AvgIpc) is 3.11. The van der Waals surface area contributed by atoms with Gasteiger partial charge in [-0.05, 0) is 18.2 Å². The first-order valence-corrected chi connectivity index (χ1v) is 6.80. The number of amides is 1. The highest BCUT2D eigenvalue weighted by Gasteiger charge is 2.39. The summed E-state index contributed by atoms with van der Waals surface area (Å²) in [5.41, 5.74) is 1.07. The minimum absolute atomic E-state index is 0.0389.